The Bertz CT molecular complexity index is 1010. The maximum Gasteiger partial charge on any atom is 0.289 e. The third kappa shape index (κ3) is 3.80. The zero-order chi connectivity index (χ0) is 19.5. The van der Waals surface area contributed by atoms with Crippen LogP contribution in [0.2, 0.25) is 0 Å². The smallest absolute Gasteiger partial charge is 0.289 e. The fourth-order valence-corrected chi connectivity index (χ4v) is 4.30. The molecule has 0 N–H and O–H groups in total. The van der Waals surface area contributed by atoms with Crippen molar-refractivity contribution in [3.05, 3.63) is 63.7 Å². The molecule has 1 aliphatic heterocycles. The Kier molecular flexibility index (Phi) is 5.43. The van der Waals surface area contributed by atoms with E-state index in [4.69, 9.17) is 4.42 Å². The molecule has 0 aromatic carbocycles. The molecule has 1 amide bonds. The van der Waals surface area contributed by atoms with Crippen molar-refractivity contribution in [2.24, 2.45) is 0 Å². The highest BCUT2D eigenvalue weighted by atomic mass is 32.1. The van der Waals surface area contributed by atoms with Crippen molar-refractivity contribution < 1.29 is 9.21 Å². The Morgan fingerprint density at radius 3 is 2.96 bits per heavy atom. The van der Waals surface area contributed by atoms with E-state index in [0.717, 1.165) is 42.0 Å². The number of aryl methyl sites for hydroxylation is 1. The molecule has 4 rings (SSSR count). The summed E-state index contributed by atoms with van der Waals surface area (Å²) in [5, 5.41) is 6.58. The molecule has 6 nitrogen and oxygen atoms in total. The number of likely N-dealkylation sites (tertiary alicyclic amines) is 1. The van der Waals surface area contributed by atoms with Gasteiger partial charge in [-0.1, -0.05) is 13.0 Å². The molecule has 0 radical (unpaired) electrons. The number of piperidine rings is 1. The maximum atomic E-state index is 12.9. The highest BCUT2D eigenvalue weighted by molar-refractivity contribution is 7.13. The van der Waals surface area contributed by atoms with Crippen LogP contribution in [-0.4, -0.2) is 33.7 Å². The normalized spacial score (nSPS) is 17.0. The van der Waals surface area contributed by atoms with Gasteiger partial charge in [-0.15, -0.1) is 11.3 Å². The predicted octanol–water partition coefficient (Wildman–Crippen LogP) is 3.99. The molecule has 1 saturated heterocycles. The minimum absolute atomic E-state index is 0.116. The predicted molar refractivity (Wildman–Crippen MR) is 109 cm³/mol. The number of hydrogen-bond acceptors (Lipinski definition) is 5. The Hall–Kier alpha value is -2.67. The molecule has 146 valence electrons. The lowest BCUT2D eigenvalue weighted by Gasteiger charge is -2.32. The van der Waals surface area contributed by atoms with Gasteiger partial charge in [0.25, 0.3) is 11.5 Å². The fourth-order valence-electron chi connectivity index (χ4n) is 3.61. The van der Waals surface area contributed by atoms with E-state index in [0.29, 0.717) is 18.8 Å². The molecule has 0 aliphatic carbocycles. The molecule has 0 saturated carbocycles. The number of furan rings is 1. The first kappa shape index (κ1) is 18.7. The monoisotopic (exact) mass is 397 g/mol. The zero-order valence-corrected chi connectivity index (χ0v) is 16.7. The number of thiophene rings is 1. The number of carbonyl (C=O) groups excluding carboxylic acids is 1. The summed E-state index contributed by atoms with van der Waals surface area (Å²) in [6.45, 7) is 3.20. The number of rotatable bonds is 5. The Morgan fingerprint density at radius 1 is 1.29 bits per heavy atom. The number of nitrogens with zero attached hydrogens (tertiary/aromatic N) is 3. The lowest BCUT2D eigenvalue weighted by molar-refractivity contribution is 0.0636. The molecule has 1 aliphatic rings. The minimum atomic E-state index is -0.136. The van der Waals surface area contributed by atoms with Crippen LogP contribution >= 0.6 is 11.3 Å². The van der Waals surface area contributed by atoms with E-state index < -0.39 is 0 Å². The van der Waals surface area contributed by atoms with E-state index in [1.807, 2.05) is 23.6 Å². The molecular weight excluding hydrogens is 374 g/mol. The van der Waals surface area contributed by atoms with Crippen molar-refractivity contribution in [2.45, 2.75) is 38.6 Å². The van der Waals surface area contributed by atoms with Gasteiger partial charge in [0, 0.05) is 25.6 Å². The molecule has 3 aromatic heterocycles. The Labute approximate surface area is 167 Å². The second kappa shape index (κ2) is 8.14. The lowest BCUT2D eigenvalue weighted by Crippen LogP contribution is -2.43. The standard InChI is InChI=1S/C21H23N3O3S/c1-2-5-16-8-10-18(27-16)21(26)23-12-3-6-15(14-23)24-20(25)11-9-17(22-24)19-7-4-13-28-19/h4,7-11,13,15H,2-3,5-6,12,14H2,1H3/t15-/m1/s1. The summed E-state index contributed by atoms with van der Waals surface area (Å²) in [5.74, 6) is 1.09. The molecule has 0 unspecified atom stereocenters. The van der Waals surface area contributed by atoms with Crippen LogP contribution in [0.4, 0.5) is 0 Å². The highest BCUT2D eigenvalue weighted by Crippen LogP contribution is 2.25. The quantitative estimate of drug-likeness (QED) is 0.653. The molecule has 28 heavy (non-hydrogen) atoms. The summed E-state index contributed by atoms with van der Waals surface area (Å²) in [7, 11) is 0. The highest BCUT2D eigenvalue weighted by Gasteiger charge is 2.28. The summed E-state index contributed by atoms with van der Waals surface area (Å²) in [5.41, 5.74) is 0.649. The molecule has 0 spiro atoms. The van der Waals surface area contributed by atoms with E-state index in [1.165, 1.54) is 0 Å². The lowest BCUT2D eigenvalue weighted by atomic mass is 10.1. The summed E-state index contributed by atoms with van der Waals surface area (Å²) >= 11 is 1.59. The van der Waals surface area contributed by atoms with Crippen LogP contribution < -0.4 is 5.56 Å². The van der Waals surface area contributed by atoms with Gasteiger partial charge in [0.1, 0.15) is 11.5 Å². The topological polar surface area (TPSA) is 68.3 Å². The minimum Gasteiger partial charge on any atom is -0.456 e. The van der Waals surface area contributed by atoms with Crippen molar-refractivity contribution in [1.29, 1.82) is 0 Å². The van der Waals surface area contributed by atoms with Crippen LogP contribution in [0.25, 0.3) is 10.6 Å². The van der Waals surface area contributed by atoms with Gasteiger partial charge in [0.2, 0.25) is 0 Å². The first-order chi connectivity index (χ1) is 13.7. The van der Waals surface area contributed by atoms with Crippen molar-refractivity contribution in [1.82, 2.24) is 14.7 Å². The first-order valence-corrected chi connectivity index (χ1v) is 10.6. The van der Waals surface area contributed by atoms with Gasteiger partial charge in [-0.25, -0.2) is 4.68 Å². The summed E-state index contributed by atoms with van der Waals surface area (Å²) in [6, 6.07) is 10.8. The van der Waals surface area contributed by atoms with Crippen LogP contribution in [0, 0.1) is 0 Å². The second-order valence-corrected chi connectivity index (χ2v) is 7.99. The van der Waals surface area contributed by atoms with E-state index in [9.17, 15) is 9.59 Å². The largest absolute Gasteiger partial charge is 0.456 e. The van der Waals surface area contributed by atoms with E-state index in [2.05, 4.69) is 12.0 Å². The van der Waals surface area contributed by atoms with Gasteiger partial charge in [-0.2, -0.15) is 5.10 Å². The van der Waals surface area contributed by atoms with Crippen LogP contribution in [0.1, 0.15) is 48.5 Å². The van der Waals surface area contributed by atoms with Crippen LogP contribution in [0.5, 0.6) is 0 Å². The molecule has 7 heteroatoms. The first-order valence-electron chi connectivity index (χ1n) is 9.67. The number of carbonyl (C=O) groups is 1. The second-order valence-electron chi connectivity index (χ2n) is 7.04. The zero-order valence-electron chi connectivity index (χ0n) is 15.8. The fraction of sp³-hybridized carbons (Fsp3) is 0.381. The van der Waals surface area contributed by atoms with Crippen LogP contribution in [-0.2, 0) is 6.42 Å². The van der Waals surface area contributed by atoms with Gasteiger partial charge in [-0.3, -0.25) is 9.59 Å². The van der Waals surface area contributed by atoms with Crippen molar-refractivity contribution in [3.8, 4) is 10.6 Å². The van der Waals surface area contributed by atoms with Gasteiger partial charge >= 0.3 is 0 Å². The average Bonchev–Trinajstić information content (AvgIpc) is 3.40. The molecule has 0 bridgehead atoms. The molecule has 1 atom stereocenters. The van der Waals surface area contributed by atoms with Crippen molar-refractivity contribution in [2.75, 3.05) is 13.1 Å². The van der Waals surface area contributed by atoms with Gasteiger partial charge in [0.15, 0.2) is 5.76 Å². The van der Waals surface area contributed by atoms with Crippen molar-refractivity contribution in [3.63, 3.8) is 0 Å². The Morgan fingerprint density at radius 2 is 2.18 bits per heavy atom. The van der Waals surface area contributed by atoms with E-state index in [1.54, 1.807) is 39.1 Å². The molecule has 3 aromatic rings. The number of aromatic nitrogens is 2. The van der Waals surface area contributed by atoms with E-state index in [-0.39, 0.29) is 17.5 Å². The van der Waals surface area contributed by atoms with Crippen LogP contribution in [0.3, 0.4) is 0 Å². The molecule has 1 fully saturated rings. The summed E-state index contributed by atoms with van der Waals surface area (Å²) in [4.78, 5) is 28.1. The third-order valence-electron chi connectivity index (χ3n) is 5.00. The molecular formula is C21H23N3O3S. The van der Waals surface area contributed by atoms with Gasteiger partial charge < -0.3 is 9.32 Å². The van der Waals surface area contributed by atoms with Crippen molar-refractivity contribution >= 4 is 17.2 Å². The van der Waals surface area contributed by atoms with Gasteiger partial charge in [-0.05, 0) is 48.9 Å². The average molecular weight is 398 g/mol. The molecule has 4 heterocycles. The van der Waals surface area contributed by atoms with Gasteiger partial charge in [0.05, 0.1) is 10.9 Å². The Balaban J connectivity index is 1.54. The SMILES string of the molecule is CCCc1ccc(C(=O)N2CCC[C@@H](n3nc(-c4cccs4)ccc3=O)C2)o1. The third-order valence-corrected chi connectivity index (χ3v) is 5.89. The summed E-state index contributed by atoms with van der Waals surface area (Å²) in [6.07, 6.45) is 3.45. The van der Waals surface area contributed by atoms with E-state index >= 15 is 0 Å². The number of amides is 1. The maximum absolute atomic E-state index is 12.9. The summed E-state index contributed by atoms with van der Waals surface area (Å²) < 4.78 is 7.24. The number of hydrogen-bond donors (Lipinski definition) is 0. The van der Waals surface area contributed by atoms with Crippen LogP contribution in [0.15, 0.2) is 51.0 Å².